The Hall–Kier alpha value is -1.43. The topological polar surface area (TPSA) is 32.7 Å². The van der Waals surface area contributed by atoms with E-state index >= 15 is 0 Å². The first kappa shape index (κ1) is 15.5. The van der Waals surface area contributed by atoms with Gasteiger partial charge < -0.3 is 14.7 Å². The number of likely N-dealkylation sites (tertiary alicyclic amines) is 1. The van der Waals surface area contributed by atoms with Crippen molar-refractivity contribution in [2.24, 2.45) is 0 Å². The van der Waals surface area contributed by atoms with E-state index in [-0.39, 0.29) is 11.9 Å². The Bertz CT molecular complexity index is 582. The summed E-state index contributed by atoms with van der Waals surface area (Å²) in [6, 6.07) is 10.5. The van der Waals surface area contributed by atoms with Gasteiger partial charge in [-0.15, -0.1) is 11.3 Å². The van der Waals surface area contributed by atoms with Crippen molar-refractivity contribution in [2.75, 3.05) is 19.6 Å². The monoisotopic (exact) mass is 321 g/mol. The third kappa shape index (κ3) is 3.85. The van der Waals surface area contributed by atoms with Crippen LogP contribution in [0.4, 0.5) is 4.39 Å². The van der Waals surface area contributed by atoms with Crippen LogP contribution in [-0.4, -0.2) is 35.7 Å². The van der Waals surface area contributed by atoms with Gasteiger partial charge in [-0.1, -0.05) is 18.2 Å². The Labute approximate surface area is 134 Å². The van der Waals surface area contributed by atoms with E-state index < -0.39 is 6.10 Å². The van der Waals surface area contributed by atoms with Crippen LogP contribution in [0.15, 0.2) is 41.8 Å². The predicted octanol–water partition coefficient (Wildman–Crippen LogP) is 3.46. The van der Waals surface area contributed by atoms with E-state index in [0.717, 1.165) is 30.8 Å². The van der Waals surface area contributed by atoms with Gasteiger partial charge in [0.2, 0.25) is 0 Å². The van der Waals surface area contributed by atoms with Gasteiger partial charge in [0.05, 0.1) is 0 Å². The average molecular weight is 321 g/mol. The number of hydrogen-bond acceptors (Lipinski definition) is 4. The molecule has 1 atom stereocenters. The molecule has 2 aromatic rings. The van der Waals surface area contributed by atoms with Gasteiger partial charge in [-0.2, -0.15) is 0 Å². The normalized spacial score (nSPS) is 18.3. The lowest BCUT2D eigenvalue weighted by Gasteiger charge is -2.33. The summed E-state index contributed by atoms with van der Waals surface area (Å²) in [6.45, 7) is 2.37. The Balaban J connectivity index is 1.47. The van der Waals surface area contributed by atoms with Crippen LogP contribution >= 0.6 is 11.3 Å². The van der Waals surface area contributed by atoms with Crippen molar-refractivity contribution in [3.05, 3.63) is 52.5 Å². The van der Waals surface area contributed by atoms with Crippen LogP contribution < -0.4 is 4.74 Å². The van der Waals surface area contributed by atoms with Gasteiger partial charge >= 0.3 is 0 Å². The molecule has 0 spiro atoms. The number of β-amino-alcohol motifs (C(OH)–C–C–N with tert-alkyl or cyclic N) is 1. The molecule has 1 fully saturated rings. The van der Waals surface area contributed by atoms with Crippen molar-refractivity contribution in [1.82, 2.24) is 4.90 Å². The minimum Gasteiger partial charge on any atom is -0.487 e. The average Bonchev–Trinajstić information content (AvgIpc) is 3.06. The lowest BCUT2D eigenvalue weighted by Crippen LogP contribution is -2.40. The standard InChI is InChI=1S/C17H20FNO2S/c18-14-4-1-2-5-16(14)21-13-7-9-19(10-8-13)12-15(20)17-6-3-11-22-17/h1-6,11,13,15,20H,7-10,12H2/t15-/m1/s1. The van der Waals surface area contributed by atoms with E-state index in [1.54, 1.807) is 29.5 Å². The molecule has 5 heteroatoms. The molecule has 0 amide bonds. The summed E-state index contributed by atoms with van der Waals surface area (Å²) < 4.78 is 19.3. The number of piperidine rings is 1. The number of aliphatic hydroxyl groups is 1. The first-order valence-corrected chi connectivity index (χ1v) is 8.45. The number of nitrogens with zero attached hydrogens (tertiary/aromatic N) is 1. The Kier molecular flexibility index (Phi) is 5.08. The molecule has 3 rings (SSSR count). The van der Waals surface area contributed by atoms with Crippen LogP contribution in [0, 0.1) is 5.82 Å². The molecule has 1 aromatic carbocycles. The van der Waals surface area contributed by atoms with E-state index in [0.29, 0.717) is 12.3 Å². The summed E-state index contributed by atoms with van der Waals surface area (Å²) in [4.78, 5) is 3.25. The summed E-state index contributed by atoms with van der Waals surface area (Å²) in [5, 5.41) is 12.2. The highest BCUT2D eigenvalue weighted by atomic mass is 32.1. The molecule has 1 aliphatic rings. The molecule has 118 valence electrons. The zero-order chi connectivity index (χ0) is 15.4. The number of ether oxygens (including phenoxy) is 1. The first-order chi connectivity index (χ1) is 10.7. The minimum atomic E-state index is -0.427. The van der Waals surface area contributed by atoms with Crippen molar-refractivity contribution in [1.29, 1.82) is 0 Å². The van der Waals surface area contributed by atoms with Crippen LogP contribution in [0.3, 0.4) is 0 Å². The second kappa shape index (κ2) is 7.22. The lowest BCUT2D eigenvalue weighted by molar-refractivity contribution is 0.0607. The SMILES string of the molecule is O[C@H](CN1CCC(Oc2ccccc2F)CC1)c1cccs1. The largest absolute Gasteiger partial charge is 0.487 e. The smallest absolute Gasteiger partial charge is 0.165 e. The highest BCUT2D eigenvalue weighted by Gasteiger charge is 2.23. The summed E-state index contributed by atoms with van der Waals surface area (Å²) in [5.74, 6) is 0.0256. The molecule has 2 heterocycles. The number of hydrogen-bond donors (Lipinski definition) is 1. The van der Waals surface area contributed by atoms with Crippen LogP contribution in [-0.2, 0) is 0 Å². The molecule has 1 saturated heterocycles. The second-order valence-electron chi connectivity index (χ2n) is 5.58. The molecule has 1 aromatic heterocycles. The third-order valence-corrected chi connectivity index (χ3v) is 4.94. The van der Waals surface area contributed by atoms with Crippen molar-refractivity contribution < 1.29 is 14.2 Å². The molecular formula is C17H20FNO2S. The summed E-state index contributed by atoms with van der Waals surface area (Å²) in [7, 11) is 0. The van der Waals surface area contributed by atoms with Gasteiger partial charge in [0.1, 0.15) is 12.2 Å². The van der Waals surface area contributed by atoms with Gasteiger partial charge in [-0.25, -0.2) is 4.39 Å². The van der Waals surface area contributed by atoms with Gasteiger partial charge in [0.25, 0.3) is 0 Å². The summed E-state index contributed by atoms with van der Waals surface area (Å²) in [5.41, 5.74) is 0. The van der Waals surface area contributed by atoms with Gasteiger partial charge in [0, 0.05) is 24.5 Å². The van der Waals surface area contributed by atoms with Crippen LogP contribution in [0.1, 0.15) is 23.8 Å². The van der Waals surface area contributed by atoms with Crippen molar-refractivity contribution in [3.63, 3.8) is 0 Å². The third-order valence-electron chi connectivity index (χ3n) is 3.97. The van der Waals surface area contributed by atoms with E-state index in [2.05, 4.69) is 4.90 Å². The summed E-state index contributed by atoms with van der Waals surface area (Å²) >= 11 is 1.58. The Morgan fingerprint density at radius 2 is 2.00 bits per heavy atom. The highest BCUT2D eigenvalue weighted by Crippen LogP contribution is 2.24. The number of para-hydroxylation sites is 1. The lowest BCUT2D eigenvalue weighted by atomic mass is 10.1. The first-order valence-electron chi connectivity index (χ1n) is 7.57. The maximum atomic E-state index is 13.6. The Morgan fingerprint density at radius 3 is 2.68 bits per heavy atom. The van der Waals surface area contributed by atoms with Gasteiger partial charge in [0.15, 0.2) is 11.6 Å². The number of thiophene rings is 1. The molecule has 0 bridgehead atoms. The Morgan fingerprint density at radius 1 is 1.23 bits per heavy atom. The fourth-order valence-corrected chi connectivity index (χ4v) is 3.45. The van der Waals surface area contributed by atoms with E-state index in [1.807, 2.05) is 17.5 Å². The van der Waals surface area contributed by atoms with Crippen molar-refractivity contribution in [3.8, 4) is 5.75 Å². The van der Waals surface area contributed by atoms with Crippen molar-refractivity contribution >= 4 is 11.3 Å². The minimum absolute atomic E-state index is 0.0482. The molecule has 3 nitrogen and oxygen atoms in total. The highest BCUT2D eigenvalue weighted by molar-refractivity contribution is 7.10. The van der Waals surface area contributed by atoms with E-state index in [1.165, 1.54) is 6.07 Å². The van der Waals surface area contributed by atoms with Gasteiger partial charge in [-0.3, -0.25) is 0 Å². The molecule has 0 radical (unpaired) electrons. The predicted molar refractivity (Wildman–Crippen MR) is 85.8 cm³/mol. The molecule has 0 saturated carbocycles. The molecule has 1 aliphatic heterocycles. The zero-order valence-electron chi connectivity index (χ0n) is 12.3. The number of benzene rings is 1. The van der Waals surface area contributed by atoms with Crippen LogP contribution in [0.5, 0.6) is 5.75 Å². The number of rotatable bonds is 5. The molecule has 0 aliphatic carbocycles. The maximum absolute atomic E-state index is 13.6. The van der Waals surface area contributed by atoms with Crippen LogP contribution in [0.2, 0.25) is 0 Å². The van der Waals surface area contributed by atoms with Crippen LogP contribution in [0.25, 0.3) is 0 Å². The fraction of sp³-hybridized carbons (Fsp3) is 0.412. The van der Waals surface area contributed by atoms with Crippen molar-refractivity contribution in [2.45, 2.75) is 25.0 Å². The maximum Gasteiger partial charge on any atom is 0.165 e. The summed E-state index contributed by atoms with van der Waals surface area (Å²) in [6.07, 6.45) is 1.33. The number of halogens is 1. The van der Waals surface area contributed by atoms with E-state index in [4.69, 9.17) is 4.74 Å². The number of aliphatic hydroxyl groups excluding tert-OH is 1. The molecular weight excluding hydrogens is 301 g/mol. The zero-order valence-corrected chi connectivity index (χ0v) is 13.1. The molecule has 0 unspecified atom stereocenters. The fourth-order valence-electron chi connectivity index (χ4n) is 2.74. The second-order valence-corrected chi connectivity index (χ2v) is 6.56. The molecule has 22 heavy (non-hydrogen) atoms. The quantitative estimate of drug-likeness (QED) is 0.915. The van der Waals surface area contributed by atoms with E-state index in [9.17, 15) is 9.50 Å². The van der Waals surface area contributed by atoms with Gasteiger partial charge in [-0.05, 0) is 36.4 Å². The molecule has 1 N–H and O–H groups in total.